The highest BCUT2D eigenvalue weighted by Gasteiger charge is 2.18. The van der Waals surface area contributed by atoms with Gasteiger partial charge in [0.05, 0.1) is 7.11 Å². The van der Waals surface area contributed by atoms with Gasteiger partial charge in [-0.1, -0.05) is 0 Å². The quantitative estimate of drug-likeness (QED) is 0.631. The van der Waals surface area contributed by atoms with Crippen LogP contribution in [-0.4, -0.2) is 27.8 Å². The molecule has 1 aromatic rings. The standard InChI is InChI=1S/C8H13N3O2/c1-5(8(12)13-4)11-7(3)9-6(2)10-11/h5H,1-4H3/t5-/m1/s1. The van der Waals surface area contributed by atoms with Gasteiger partial charge in [0.2, 0.25) is 0 Å². The number of carbonyl (C=O) groups is 1. The number of esters is 1. The third-order valence-corrected chi connectivity index (χ3v) is 1.82. The van der Waals surface area contributed by atoms with Gasteiger partial charge in [-0.3, -0.25) is 0 Å². The first kappa shape index (κ1) is 9.70. The molecular weight excluding hydrogens is 170 g/mol. The van der Waals surface area contributed by atoms with Crippen LogP contribution in [0.25, 0.3) is 0 Å². The predicted molar refractivity (Wildman–Crippen MR) is 46.2 cm³/mol. The Kier molecular flexibility index (Phi) is 2.65. The van der Waals surface area contributed by atoms with E-state index in [2.05, 4.69) is 14.8 Å². The molecule has 0 amide bonds. The normalized spacial score (nSPS) is 12.6. The fourth-order valence-corrected chi connectivity index (χ4v) is 1.17. The Labute approximate surface area is 76.7 Å². The molecule has 5 nitrogen and oxygen atoms in total. The molecule has 0 bridgehead atoms. The highest BCUT2D eigenvalue weighted by Crippen LogP contribution is 2.08. The molecule has 0 fully saturated rings. The van der Waals surface area contributed by atoms with Gasteiger partial charge in [-0.05, 0) is 20.8 Å². The van der Waals surface area contributed by atoms with Crippen molar-refractivity contribution in [3.05, 3.63) is 11.6 Å². The monoisotopic (exact) mass is 183 g/mol. The van der Waals surface area contributed by atoms with Crippen LogP contribution in [-0.2, 0) is 9.53 Å². The van der Waals surface area contributed by atoms with E-state index in [0.717, 1.165) is 5.82 Å². The molecule has 1 atom stereocenters. The lowest BCUT2D eigenvalue weighted by Crippen LogP contribution is -2.20. The van der Waals surface area contributed by atoms with Crippen molar-refractivity contribution in [3.63, 3.8) is 0 Å². The van der Waals surface area contributed by atoms with E-state index < -0.39 is 6.04 Å². The molecule has 13 heavy (non-hydrogen) atoms. The third kappa shape index (κ3) is 1.85. The Morgan fingerprint density at radius 3 is 2.54 bits per heavy atom. The molecule has 0 radical (unpaired) electrons. The Morgan fingerprint density at radius 1 is 1.54 bits per heavy atom. The summed E-state index contributed by atoms with van der Waals surface area (Å²) in [5, 5.41) is 4.08. The first-order valence-electron chi connectivity index (χ1n) is 4.04. The first-order chi connectivity index (χ1) is 6.06. The zero-order valence-electron chi connectivity index (χ0n) is 8.24. The van der Waals surface area contributed by atoms with Crippen LogP contribution in [0, 0.1) is 13.8 Å². The van der Waals surface area contributed by atoms with Crippen LogP contribution in [0.4, 0.5) is 0 Å². The van der Waals surface area contributed by atoms with E-state index in [1.807, 2.05) is 0 Å². The molecule has 1 aromatic heterocycles. The SMILES string of the molecule is COC(=O)[C@@H](C)n1nc(C)nc1C. The van der Waals surface area contributed by atoms with Gasteiger partial charge in [0.15, 0.2) is 0 Å². The fraction of sp³-hybridized carbons (Fsp3) is 0.625. The maximum atomic E-state index is 11.2. The summed E-state index contributed by atoms with van der Waals surface area (Å²) in [7, 11) is 1.36. The summed E-state index contributed by atoms with van der Waals surface area (Å²) in [6.07, 6.45) is 0. The van der Waals surface area contributed by atoms with E-state index in [9.17, 15) is 4.79 Å². The number of aryl methyl sites for hydroxylation is 2. The summed E-state index contributed by atoms with van der Waals surface area (Å²) in [5.41, 5.74) is 0. The largest absolute Gasteiger partial charge is 0.467 e. The second-order valence-electron chi connectivity index (χ2n) is 2.85. The molecule has 0 aliphatic rings. The van der Waals surface area contributed by atoms with Gasteiger partial charge in [0.25, 0.3) is 0 Å². The predicted octanol–water partition coefficient (Wildman–Crippen LogP) is 0.629. The van der Waals surface area contributed by atoms with Crippen molar-refractivity contribution < 1.29 is 9.53 Å². The van der Waals surface area contributed by atoms with Gasteiger partial charge in [-0.15, -0.1) is 0 Å². The highest BCUT2D eigenvalue weighted by molar-refractivity contribution is 5.73. The Bertz CT molecular complexity index is 319. The van der Waals surface area contributed by atoms with Crippen molar-refractivity contribution in [2.75, 3.05) is 7.11 Å². The molecule has 0 spiro atoms. The number of hydrogen-bond acceptors (Lipinski definition) is 4. The van der Waals surface area contributed by atoms with Gasteiger partial charge in [0, 0.05) is 0 Å². The Hall–Kier alpha value is -1.39. The van der Waals surface area contributed by atoms with Gasteiger partial charge in [-0.2, -0.15) is 5.10 Å². The lowest BCUT2D eigenvalue weighted by Gasteiger charge is -2.09. The fourth-order valence-electron chi connectivity index (χ4n) is 1.17. The molecule has 0 saturated heterocycles. The maximum absolute atomic E-state index is 11.2. The zero-order chi connectivity index (χ0) is 10.0. The molecule has 0 unspecified atom stereocenters. The average Bonchev–Trinajstić information content (AvgIpc) is 2.42. The highest BCUT2D eigenvalue weighted by atomic mass is 16.5. The van der Waals surface area contributed by atoms with Gasteiger partial charge in [0.1, 0.15) is 17.7 Å². The van der Waals surface area contributed by atoms with Crippen molar-refractivity contribution in [2.45, 2.75) is 26.8 Å². The smallest absolute Gasteiger partial charge is 0.330 e. The second-order valence-corrected chi connectivity index (χ2v) is 2.85. The summed E-state index contributed by atoms with van der Waals surface area (Å²) in [6.45, 7) is 5.32. The number of ether oxygens (including phenoxy) is 1. The van der Waals surface area contributed by atoms with Crippen molar-refractivity contribution >= 4 is 5.97 Å². The maximum Gasteiger partial charge on any atom is 0.330 e. The third-order valence-electron chi connectivity index (χ3n) is 1.82. The van der Waals surface area contributed by atoms with Crippen LogP contribution in [0.3, 0.4) is 0 Å². The van der Waals surface area contributed by atoms with E-state index in [1.54, 1.807) is 25.5 Å². The average molecular weight is 183 g/mol. The lowest BCUT2D eigenvalue weighted by atomic mass is 10.3. The summed E-state index contributed by atoms with van der Waals surface area (Å²) < 4.78 is 6.16. The van der Waals surface area contributed by atoms with E-state index in [-0.39, 0.29) is 5.97 Å². The number of methoxy groups -OCH3 is 1. The zero-order valence-corrected chi connectivity index (χ0v) is 8.24. The molecule has 0 aliphatic heterocycles. The van der Waals surface area contributed by atoms with Gasteiger partial charge in [-0.25, -0.2) is 14.5 Å². The number of hydrogen-bond donors (Lipinski definition) is 0. The van der Waals surface area contributed by atoms with Gasteiger partial charge >= 0.3 is 5.97 Å². The lowest BCUT2D eigenvalue weighted by molar-refractivity contribution is -0.144. The minimum Gasteiger partial charge on any atom is -0.467 e. The van der Waals surface area contributed by atoms with Crippen LogP contribution in [0.5, 0.6) is 0 Å². The van der Waals surface area contributed by atoms with E-state index >= 15 is 0 Å². The molecule has 5 heteroatoms. The van der Waals surface area contributed by atoms with Crippen LogP contribution in [0.15, 0.2) is 0 Å². The topological polar surface area (TPSA) is 57.0 Å². The molecular formula is C8H13N3O2. The van der Waals surface area contributed by atoms with Crippen molar-refractivity contribution in [1.29, 1.82) is 0 Å². The first-order valence-corrected chi connectivity index (χ1v) is 4.04. The molecule has 0 aromatic carbocycles. The van der Waals surface area contributed by atoms with Crippen LogP contribution < -0.4 is 0 Å². The molecule has 0 saturated carbocycles. The Morgan fingerprint density at radius 2 is 2.15 bits per heavy atom. The van der Waals surface area contributed by atoms with Crippen LogP contribution in [0.1, 0.15) is 24.6 Å². The minimum atomic E-state index is -0.411. The van der Waals surface area contributed by atoms with Crippen LogP contribution >= 0.6 is 0 Å². The van der Waals surface area contributed by atoms with Crippen molar-refractivity contribution in [1.82, 2.24) is 14.8 Å². The molecule has 72 valence electrons. The van der Waals surface area contributed by atoms with Crippen molar-refractivity contribution in [3.8, 4) is 0 Å². The van der Waals surface area contributed by atoms with Crippen molar-refractivity contribution in [2.24, 2.45) is 0 Å². The summed E-state index contributed by atoms with van der Waals surface area (Å²) in [6, 6.07) is -0.411. The number of carbonyl (C=O) groups excluding carboxylic acids is 1. The second kappa shape index (κ2) is 3.55. The number of aromatic nitrogens is 3. The van der Waals surface area contributed by atoms with Crippen LogP contribution in [0.2, 0.25) is 0 Å². The number of nitrogens with zero attached hydrogens (tertiary/aromatic N) is 3. The van der Waals surface area contributed by atoms with E-state index in [1.165, 1.54) is 7.11 Å². The summed E-state index contributed by atoms with van der Waals surface area (Å²) >= 11 is 0. The minimum absolute atomic E-state index is 0.312. The van der Waals surface area contributed by atoms with E-state index in [0.29, 0.717) is 5.82 Å². The molecule has 1 heterocycles. The molecule has 1 rings (SSSR count). The summed E-state index contributed by atoms with van der Waals surface area (Å²) in [4.78, 5) is 15.3. The summed E-state index contributed by atoms with van der Waals surface area (Å²) in [5.74, 6) is 1.07. The van der Waals surface area contributed by atoms with E-state index in [4.69, 9.17) is 0 Å². The molecule has 0 N–H and O–H groups in total. The van der Waals surface area contributed by atoms with Gasteiger partial charge < -0.3 is 4.74 Å². The number of rotatable bonds is 2. The molecule has 0 aliphatic carbocycles. The Balaban J connectivity index is 2.94.